The van der Waals surface area contributed by atoms with Crippen LogP contribution in [0, 0.1) is 0 Å². The second kappa shape index (κ2) is 5.71. The minimum absolute atomic E-state index is 0.209. The molecule has 1 aromatic carbocycles. The van der Waals surface area contributed by atoms with Crippen molar-refractivity contribution in [3.63, 3.8) is 0 Å². The third kappa shape index (κ3) is 3.96. The Bertz CT molecular complexity index is 497. The molecule has 0 heterocycles. The van der Waals surface area contributed by atoms with Gasteiger partial charge < -0.3 is 20.9 Å². The number of nitrogens with one attached hydrogen (secondary N) is 1. The van der Waals surface area contributed by atoms with E-state index in [-0.39, 0.29) is 12.3 Å². The molecule has 0 fully saturated rings. The highest BCUT2D eigenvalue weighted by Gasteiger charge is 2.25. The molecule has 4 N–H and O–H groups in total. The Morgan fingerprint density at radius 2 is 2.11 bits per heavy atom. The summed E-state index contributed by atoms with van der Waals surface area (Å²) < 4.78 is 5.12. The number of amides is 1. The van der Waals surface area contributed by atoms with E-state index in [9.17, 15) is 9.59 Å². The number of hydrogen-bond acceptors (Lipinski definition) is 4. The van der Waals surface area contributed by atoms with Crippen LogP contribution in [0.3, 0.4) is 0 Å². The molecule has 6 heteroatoms. The molecule has 0 bridgehead atoms. The van der Waals surface area contributed by atoms with Crippen molar-refractivity contribution in [1.82, 2.24) is 0 Å². The van der Waals surface area contributed by atoms with Crippen LogP contribution in [0.25, 0.3) is 0 Å². The fourth-order valence-electron chi connectivity index (χ4n) is 1.77. The molecular formula is C13H18N2O4. The van der Waals surface area contributed by atoms with Crippen LogP contribution in [0.5, 0.6) is 5.75 Å². The number of methoxy groups -OCH3 is 1. The SMILES string of the molecule is COc1ccc(C(C)(N)CC(=O)O)cc1NC(C)=O. The van der Waals surface area contributed by atoms with Gasteiger partial charge in [-0.15, -0.1) is 0 Å². The zero-order chi connectivity index (χ0) is 14.6. The van der Waals surface area contributed by atoms with Crippen molar-refractivity contribution in [1.29, 1.82) is 0 Å². The van der Waals surface area contributed by atoms with Crippen molar-refractivity contribution in [2.24, 2.45) is 5.73 Å². The predicted molar refractivity (Wildman–Crippen MR) is 71.1 cm³/mol. The Morgan fingerprint density at radius 3 is 2.58 bits per heavy atom. The molecule has 1 unspecified atom stereocenters. The minimum Gasteiger partial charge on any atom is -0.495 e. The fraction of sp³-hybridized carbons (Fsp3) is 0.385. The molecule has 0 radical (unpaired) electrons. The molecule has 0 saturated heterocycles. The lowest BCUT2D eigenvalue weighted by atomic mass is 9.89. The van der Waals surface area contributed by atoms with Crippen LogP contribution in [0.15, 0.2) is 18.2 Å². The number of aliphatic carboxylic acids is 1. The van der Waals surface area contributed by atoms with Crippen LogP contribution in [0.1, 0.15) is 25.8 Å². The van der Waals surface area contributed by atoms with Gasteiger partial charge in [-0.05, 0) is 24.6 Å². The summed E-state index contributed by atoms with van der Waals surface area (Å²) in [5, 5.41) is 11.5. The standard InChI is InChI=1S/C13H18N2O4/c1-8(16)15-10-6-9(4-5-11(10)19-3)13(2,14)7-12(17)18/h4-6H,7,14H2,1-3H3,(H,15,16)(H,17,18). The summed E-state index contributed by atoms with van der Waals surface area (Å²) in [4.78, 5) is 21.9. The zero-order valence-electron chi connectivity index (χ0n) is 11.2. The second-order valence-corrected chi connectivity index (χ2v) is 4.58. The third-order valence-electron chi connectivity index (χ3n) is 2.69. The minimum atomic E-state index is -1.02. The van der Waals surface area contributed by atoms with Crippen LogP contribution >= 0.6 is 0 Å². The van der Waals surface area contributed by atoms with Crippen LogP contribution in [-0.4, -0.2) is 24.1 Å². The predicted octanol–water partition coefficient (Wildman–Crippen LogP) is 1.30. The highest BCUT2D eigenvalue weighted by atomic mass is 16.5. The monoisotopic (exact) mass is 266 g/mol. The van der Waals surface area contributed by atoms with E-state index < -0.39 is 11.5 Å². The van der Waals surface area contributed by atoms with Gasteiger partial charge >= 0.3 is 5.97 Å². The van der Waals surface area contributed by atoms with Gasteiger partial charge in [-0.3, -0.25) is 9.59 Å². The maximum atomic E-state index is 11.1. The van der Waals surface area contributed by atoms with E-state index in [4.69, 9.17) is 15.6 Å². The number of rotatable bonds is 5. The van der Waals surface area contributed by atoms with E-state index in [1.54, 1.807) is 25.1 Å². The van der Waals surface area contributed by atoms with Crippen molar-refractivity contribution in [2.45, 2.75) is 25.8 Å². The summed E-state index contributed by atoms with van der Waals surface area (Å²) in [5.41, 5.74) is 6.05. The van der Waals surface area contributed by atoms with Crippen LogP contribution in [0.2, 0.25) is 0 Å². The molecule has 0 spiro atoms. The zero-order valence-corrected chi connectivity index (χ0v) is 11.2. The number of nitrogens with two attached hydrogens (primary N) is 1. The highest BCUT2D eigenvalue weighted by molar-refractivity contribution is 5.90. The van der Waals surface area contributed by atoms with Gasteiger partial charge in [0.15, 0.2) is 0 Å². The van der Waals surface area contributed by atoms with Gasteiger partial charge in [-0.1, -0.05) is 6.07 Å². The number of hydrogen-bond donors (Lipinski definition) is 3. The maximum absolute atomic E-state index is 11.1. The molecule has 1 atom stereocenters. The number of carboxylic acid groups (broad SMARTS) is 1. The van der Waals surface area contributed by atoms with Crippen LogP contribution in [0.4, 0.5) is 5.69 Å². The summed E-state index contributed by atoms with van der Waals surface area (Å²) in [7, 11) is 1.49. The van der Waals surface area contributed by atoms with Crippen molar-refractivity contribution < 1.29 is 19.4 Å². The Morgan fingerprint density at radius 1 is 1.47 bits per heavy atom. The van der Waals surface area contributed by atoms with Crippen LogP contribution < -0.4 is 15.8 Å². The maximum Gasteiger partial charge on any atom is 0.305 e. The van der Waals surface area contributed by atoms with Crippen LogP contribution in [-0.2, 0) is 15.1 Å². The van der Waals surface area contributed by atoms with E-state index in [0.717, 1.165) is 0 Å². The first-order chi connectivity index (χ1) is 8.76. The Labute approximate surface area is 111 Å². The van der Waals surface area contributed by atoms with E-state index in [1.807, 2.05) is 0 Å². The first kappa shape index (κ1) is 15.0. The summed E-state index contributed by atoms with van der Waals surface area (Å²) in [6.45, 7) is 3.01. The normalized spacial score (nSPS) is 13.5. The molecule has 0 saturated carbocycles. The van der Waals surface area contributed by atoms with Gasteiger partial charge in [0.25, 0.3) is 0 Å². The smallest absolute Gasteiger partial charge is 0.305 e. The molecule has 0 aromatic heterocycles. The molecular weight excluding hydrogens is 248 g/mol. The number of carbonyl (C=O) groups is 2. The van der Waals surface area contributed by atoms with E-state index in [2.05, 4.69) is 5.32 Å². The topological polar surface area (TPSA) is 102 Å². The molecule has 1 amide bonds. The van der Waals surface area contributed by atoms with Gasteiger partial charge in [-0.2, -0.15) is 0 Å². The van der Waals surface area contributed by atoms with Crippen molar-refractivity contribution in [3.8, 4) is 5.75 Å². The molecule has 19 heavy (non-hydrogen) atoms. The lowest BCUT2D eigenvalue weighted by Crippen LogP contribution is -2.35. The molecule has 6 nitrogen and oxygen atoms in total. The van der Waals surface area contributed by atoms with Gasteiger partial charge in [0.05, 0.1) is 19.2 Å². The third-order valence-corrected chi connectivity index (χ3v) is 2.69. The van der Waals surface area contributed by atoms with Crippen molar-refractivity contribution in [2.75, 3.05) is 12.4 Å². The second-order valence-electron chi connectivity index (χ2n) is 4.58. The Kier molecular flexibility index (Phi) is 4.50. The van der Waals surface area contributed by atoms with E-state index >= 15 is 0 Å². The lowest BCUT2D eigenvalue weighted by Gasteiger charge is -2.24. The average Bonchev–Trinajstić information content (AvgIpc) is 2.26. The number of carbonyl (C=O) groups excluding carboxylic acids is 1. The summed E-state index contributed by atoms with van der Waals surface area (Å²) in [6.07, 6.45) is -0.209. The molecule has 104 valence electrons. The van der Waals surface area contributed by atoms with Crippen molar-refractivity contribution in [3.05, 3.63) is 23.8 Å². The quantitative estimate of drug-likeness (QED) is 0.745. The average molecular weight is 266 g/mol. The lowest BCUT2D eigenvalue weighted by molar-refractivity contribution is -0.138. The summed E-state index contributed by atoms with van der Waals surface area (Å²) >= 11 is 0. The fourth-order valence-corrected chi connectivity index (χ4v) is 1.77. The van der Waals surface area contributed by atoms with Gasteiger partial charge in [0, 0.05) is 12.5 Å². The molecule has 1 aromatic rings. The Balaban J connectivity index is 3.16. The number of benzene rings is 1. The van der Waals surface area contributed by atoms with E-state index in [1.165, 1.54) is 14.0 Å². The van der Waals surface area contributed by atoms with E-state index in [0.29, 0.717) is 17.0 Å². The Hall–Kier alpha value is -2.08. The van der Waals surface area contributed by atoms with Gasteiger partial charge in [0.1, 0.15) is 5.75 Å². The molecule has 1 rings (SSSR count). The van der Waals surface area contributed by atoms with Crippen molar-refractivity contribution >= 4 is 17.6 Å². The number of ether oxygens (including phenoxy) is 1. The van der Waals surface area contributed by atoms with Gasteiger partial charge in [-0.25, -0.2) is 0 Å². The van der Waals surface area contributed by atoms with Gasteiger partial charge in [0.2, 0.25) is 5.91 Å². The molecule has 0 aliphatic carbocycles. The number of carboxylic acids is 1. The summed E-state index contributed by atoms with van der Waals surface area (Å²) in [6, 6.07) is 4.96. The molecule has 0 aliphatic rings. The summed E-state index contributed by atoms with van der Waals surface area (Å²) in [5.74, 6) is -0.737. The first-order valence-corrected chi connectivity index (χ1v) is 5.73. The highest BCUT2D eigenvalue weighted by Crippen LogP contribution is 2.31. The molecule has 0 aliphatic heterocycles. The first-order valence-electron chi connectivity index (χ1n) is 5.73. The largest absolute Gasteiger partial charge is 0.495 e. The number of anilines is 1.